The van der Waals surface area contributed by atoms with E-state index in [0.717, 1.165) is 61.3 Å². The SMILES string of the molecule is CC1(C)c2ccc(-c3ccccc3N(c3ccc(-c4cccc5c4oc4ccccc45)cc3)c3cccc(-c4ccccc4)c3)cc2-c2ccc(-c3cccc4c3c3ccccc3n4-c3ccccc3)cc21. The highest BCUT2D eigenvalue weighted by Gasteiger charge is 2.36. The standard InChI is InChI=1S/C69H48N2O/c1-69(2)61-41-37-48(43-60(61)56-40-36-49(44-62(56)69)54-27-17-32-65-67(54)59-26-10-13-31-64(59)71(65)50-21-7-4-8-22-50)53-24-9-12-30-63(53)70(52-23-15-20-47(42-52)45-18-5-3-6-19-45)51-38-34-46(35-39-51)55-28-16-29-58-57-25-11-14-33-66(57)72-68(55)58/h3-44H,1-2H3. The molecule has 2 heterocycles. The van der Waals surface area contributed by atoms with Gasteiger partial charge in [-0.15, -0.1) is 0 Å². The predicted octanol–water partition coefficient (Wildman–Crippen LogP) is 19.1. The molecule has 0 saturated carbocycles. The van der Waals surface area contributed by atoms with Gasteiger partial charge in [-0.2, -0.15) is 0 Å². The van der Waals surface area contributed by atoms with Gasteiger partial charge >= 0.3 is 0 Å². The first-order valence-corrected chi connectivity index (χ1v) is 24.9. The van der Waals surface area contributed by atoms with Crippen molar-refractivity contribution in [2.24, 2.45) is 0 Å². The molecule has 0 atom stereocenters. The highest BCUT2D eigenvalue weighted by Crippen LogP contribution is 2.52. The Balaban J connectivity index is 0.884. The fraction of sp³-hybridized carbons (Fsp3) is 0.0435. The Kier molecular flexibility index (Phi) is 9.56. The Morgan fingerprint density at radius 1 is 0.361 bits per heavy atom. The third-order valence-corrected chi connectivity index (χ3v) is 15.2. The van der Waals surface area contributed by atoms with Crippen LogP contribution in [-0.2, 0) is 5.41 Å². The lowest BCUT2D eigenvalue weighted by Crippen LogP contribution is -2.15. The molecule has 3 heteroatoms. The summed E-state index contributed by atoms with van der Waals surface area (Å²) >= 11 is 0. The van der Waals surface area contributed by atoms with Gasteiger partial charge in [-0.1, -0.05) is 196 Å². The van der Waals surface area contributed by atoms with Crippen molar-refractivity contribution in [3.63, 3.8) is 0 Å². The molecule has 0 fully saturated rings. The van der Waals surface area contributed by atoms with Crippen LogP contribution in [0.1, 0.15) is 25.0 Å². The minimum Gasteiger partial charge on any atom is -0.455 e. The minimum absolute atomic E-state index is 0.205. The van der Waals surface area contributed by atoms with Crippen LogP contribution in [0.3, 0.4) is 0 Å². The first-order valence-electron chi connectivity index (χ1n) is 24.9. The molecule has 0 unspecified atom stereocenters. The van der Waals surface area contributed by atoms with Gasteiger partial charge in [0.2, 0.25) is 0 Å². The van der Waals surface area contributed by atoms with Crippen molar-refractivity contribution in [1.29, 1.82) is 0 Å². The number of fused-ring (bicyclic) bond motifs is 9. The van der Waals surface area contributed by atoms with Gasteiger partial charge in [0.1, 0.15) is 11.2 Å². The molecule has 340 valence electrons. The normalized spacial score (nSPS) is 12.7. The Hall–Kier alpha value is -9.18. The van der Waals surface area contributed by atoms with E-state index in [4.69, 9.17) is 4.42 Å². The Morgan fingerprint density at radius 2 is 0.986 bits per heavy atom. The van der Waals surface area contributed by atoms with Crippen LogP contribution >= 0.6 is 0 Å². The number of anilines is 3. The average molecular weight is 921 g/mol. The molecule has 11 aromatic carbocycles. The second-order valence-electron chi connectivity index (χ2n) is 19.6. The average Bonchev–Trinajstić information content (AvgIpc) is 4.07. The second kappa shape index (κ2) is 16.5. The molecule has 13 aromatic rings. The van der Waals surface area contributed by atoms with Crippen LogP contribution in [0.5, 0.6) is 0 Å². The van der Waals surface area contributed by atoms with Crippen molar-refractivity contribution in [2.75, 3.05) is 4.90 Å². The van der Waals surface area contributed by atoms with Crippen LogP contribution in [0.2, 0.25) is 0 Å². The van der Waals surface area contributed by atoms with Crippen molar-refractivity contribution in [1.82, 2.24) is 4.57 Å². The van der Waals surface area contributed by atoms with E-state index in [2.05, 4.69) is 266 Å². The van der Waals surface area contributed by atoms with Crippen LogP contribution in [0.25, 0.3) is 105 Å². The fourth-order valence-corrected chi connectivity index (χ4v) is 11.8. The maximum absolute atomic E-state index is 6.50. The molecule has 3 nitrogen and oxygen atoms in total. The molecular weight excluding hydrogens is 873 g/mol. The summed E-state index contributed by atoms with van der Waals surface area (Å²) in [5.74, 6) is 0. The summed E-state index contributed by atoms with van der Waals surface area (Å²) in [6.45, 7) is 4.77. The van der Waals surface area contributed by atoms with Gasteiger partial charge in [-0.05, 0) is 128 Å². The molecule has 0 amide bonds. The van der Waals surface area contributed by atoms with Gasteiger partial charge in [0, 0.05) is 55.1 Å². The lowest BCUT2D eigenvalue weighted by molar-refractivity contribution is 0.660. The largest absolute Gasteiger partial charge is 0.455 e. The van der Waals surface area contributed by atoms with Gasteiger partial charge in [0.25, 0.3) is 0 Å². The summed E-state index contributed by atoms with van der Waals surface area (Å²) < 4.78 is 8.90. The topological polar surface area (TPSA) is 21.3 Å². The van der Waals surface area contributed by atoms with E-state index in [9.17, 15) is 0 Å². The highest BCUT2D eigenvalue weighted by molar-refractivity contribution is 6.16. The van der Waals surface area contributed by atoms with E-state index in [1.54, 1.807) is 0 Å². The van der Waals surface area contributed by atoms with Gasteiger partial charge < -0.3 is 13.9 Å². The number of hydrogen-bond acceptors (Lipinski definition) is 2. The van der Waals surface area contributed by atoms with Crippen LogP contribution in [0, 0.1) is 0 Å². The summed E-state index contributed by atoms with van der Waals surface area (Å²) in [6, 6.07) is 92.8. The molecule has 72 heavy (non-hydrogen) atoms. The van der Waals surface area contributed by atoms with Crippen LogP contribution < -0.4 is 4.90 Å². The van der Waals surface area contributed by atoms with E-state index in [1.807, 2.05) is 12.1 Å². The van der Waals surface area contributed by atoms with Crippen molar-refractivity contribution in [2.45, 2.75) is 19.3 Å². The van der Waals surface area contributed by atoms with E-state index >= 15 is 0 Å². The van der Waals surface area contributed by atoms with Crippen molar-refractivity contribution < 1.29 is 4.42 Å². The second-order valence-corrected chi connectivity index (χ2v) is 19.6. The molecule has 2 aromatic heterocycles. The number of benzene rings is 11. The minimum atomic E-state index is -0.205. The zero-order valence-corrected chi connectivity index (χ0v) is 40.1. The summed E-state index contributed by atoms with van der Waals surface area (Å²) in [7, 11) is 0. The molecule has 0 aliphatic heterocycles. The maximum atomic E-state index is 6.50. The Bertz CT molecular complexity index is 4230. The molecule has 0 radical (unpaired) electrons. The van der Waals surface area contributed by atoms with E-state index in [0.29, 0.717) is 0 Å². The zero-order valence-electron chi connectivity index (χ0n) is 40.1. The van der Waals surface area contributed by atoms with Crippen molar-refractivity contribution >= 4 is 60.8 Å². The molecule has 0 N–H and O–H groups in total. The first kappa shape index (κ1) is 41.8. The molecule has 1 aliphatic carbocycles. The van der Waals surface area contributed by atoms with Crippen LogP contribution in [0.15, 0.2) is 259 Å². The lowest BCUT2D eigenvalue weighted by atomic mass is 9.81. The highest BCUT2D eigenvalue weighted by atomic mass is 16.3. The van der Waals surface area contributed by atoms with Crippen LogP contribution in [0.4, 0.5) is 17.1 Å². The van der Waals surface area contributed by atoms with E-state index < -0.39 is 0 Å². The van der Waals surface area contributed by atoms with Crippen LogP contribution in [-0.4, -0.2) is 4.57 Å². The first-order chi connectivity index (χ1) is 35.5. The monoisotopic (exact) mass is 920 g/mol. The molecule has 14 rings (SSSR count). The molecule has 1 aliphatic rings. The third-order valence-electron chi connectivity index (χ3n) is 15.2. The van der Waals surface area contributed by atoms with Gasteiger partial charge in [-0.25, -0.2) is 0 Å². The number of hydrogen-bond donors (Lipinski definition) is 0. The molecule has 0 spiro atoms. The molecule has 0 bridgehead atoms. The summed E-state index contributed by atoms with van der Waals surface area (Å²) in [6.07, 6.45) is 0. The van der Waals surface area contributed by atoms with Gasteiger partial charge in [0.05, 0.1) is 16.7 Å². The van der Waals surface area contributed by atoms with Crippen molar-refractivity contribution in [3.8, 4) is 61.3 Å². The Morgan fingerprint density at radius 3 is 1.85 bits per heavy atom. The molecule has 0 saturated heterocycles. The number of rotatable bonds is 8. The summed E-state index contributed by atoms with van der Waals surface area (Å²) in [5, 5.41) is 4.80. The zero-order chi connectivity index (χ0) is 47.9. The molecular formula is C69H48N2O. The smallest absolute Gasteiger partial charge is 0.143 e. The lowest BCUT2D eigenvalue weighted by Gasteiger charge is -2.29. The Labute approximate surface area is 419 Å². The van der Waals surface area contributed by atoms with E-state index in [1.165, 1.54) is 72.0 Å². The van der Waals surface area contributed by atoms with Gasteiger partial charge in [0.15, 0.2) is 0 Å². The van der Waals surface area contributed by atoms with Gasteiger partial charge in [-0.3, -0.25) is 0 Å². The predicted molar refractivity (Wildman–Crippen MR) is 302 cm³/mol. The third kappa shape index (κ3) is 6.58. The quantitative estimate of drug-likeness (QED) is 0.151. The summed E-state index contributed by atoms with van der Waals surface area (Å²) in [4.78, 5) is 2.42. The number of para-hydroxylation sites is 5. The number of furan rings is 1. The number of nitrogens with zero attached hydrogens (tertiary/aromatic N) is 2. The van der Waals surface area contributed by atoms with Crippen molar-refractivity contribution in [3.05, 3.63) is 266 Å². The fourth-order valence-electron chi connectivity index (χ4n) is 11.8. The van der Waals surface area contributed by atoms with E-state index in [-0.39, 0.29) is 5.41 Å². The number of aromatic nitrogens is 1. The maximum Gasteiger partial charge on any atom is 0.143 e. The summed E-state index contributed by atoms with van der Waals surface area (Å²) in [5.41, 5.74) is 23.1.